The average Bonchev–Trinajstić information content (AvgIpc) is 2.98. The van der Waals surface area contributed by atoms with Crippen molar-refractivity contribution < 1.29 is 22.7 Å². The number of furan rings is 1. The number of likely N-dealkylation sites (N-methyl/N-ethyl adjacent to an activating group) is 1. The van der Waals surface area contributed by atoms with Crippen LogP contribution >= 0.6 is 0 Å². The van der Waals surface area contributed by atoms with Gasteiger partial charge in [0.2, 0.25) is 10.0 Å². The third-order valence-electron chi connectivity index (χ3n) is 3.25. The van der Waals surface area contributed by atoms with Crippen LogP contribution in [0.2, 0.25) is 0 Å². The Morgan fingerprint density at radius 3 is 2.79 bits per heavy atom. The zero-order valence-electron chi connectivity index (χ0n) is 11.1. The second kappa shape index (κ2) is 5.62. The predicted octanol–water partition coefficient (Wildman–Crippen LogP) is 0.880. The highest BCUT2D eigenvalue weighted by molar-refractivity contribution is 7.89. The number of sulfonamides is 1. The van der Waals surface area contributed by atoms with Gasteiger partial charge in [-0.3, -0.25) is 0 Å². The molecule has 0 amide bonds. The van der Waals surface area contributed by atoms with Crippen LogP contribution < -0.4 is 0 Å². The van der Waals surface area contributed by atoms with Crippen molar-refractivity contribution in [1.82, 2.24) is 4.31 Å². The molecule has 0 bridgehead atoms. The van der Waals surface area contributed by atoms with E-state index in [1.54, 1.807) is 6.92 Å². The van der Waals surface area contributed by atoms with Crippen molar-refractivity contribution in [2.24, 2.45) is 0 Å². The maximum atomic E-state index is 12.4. The number of aliphatic hydroxyl groups is 1. The molecule has 1 aliphatic heterocycles. The largest absolute Gasteiger partial charge is 0.462 e. The molecule has 19 heavy (non-hydrogen) atoms. The first-order valence-electron chi connectivity index (χ1n) is 6.23. The third kappa shape index (κ3) is 3.00. The van der Waals surface area contributed by atoms with Crippen LogP contribution in [0.25, 0.3) is 0 Å². The maximum absolute atomic E-state index is 12.4. The number of rotatable bonds is 5. The van der Waals surface area contributed by atoms with Crippen molar-refractivity contribution in [3.05, 3.63) is 17.6 Å². The maximum Gasteiger partial charge on any atom is 0.246 e. The summed E-state index contributed by atoms with van der Waals surface area (Å²) in [6, 6.07) is 1.37. The molecule has 0 saturated carbocycles. The van der Waals surface area contributed by atoms with Gasteiger partial charge in [-0.1, -0.05) is 0 Å². The monoisotopic (exact) mass is 289 g/mol. The molecule has 0 aromatic carbocycles. The molecule has 1 N–H and O–H groups in total. The summed E-state index contributed by atoms with van der Waals surface area (Å²) < 4.78 is 36.7. The van der Waals surface area contributed by atoms with E-state index >= 15 is 0 Å². The number of hydrogen-bond acceptors (Lipinski definition) is 5. The first kappa shape index (κ1) is 14.5. The van der Waals surface area contributed by atoms with Crippen LogP contribution in [-0.4, -0.2) is 44.1 Å². The number of hydrogen-bond donors (Lipinski definition) is 1. The van der Waals surface area contributed by atoms with E-state index in [1.165, 1.54) is 17.4 Å². The van der Waals surface area contributed by atoms with Gasteiger partial charge in [0.15, 0.2) is 0 Å². The lowest BCUT2D eigenvalue weighted by Crippen LogP contribution is -2.34. The second-order valence-electron chi connectivity index (χ2n) is 4.71. The molecule has 1 atom stereocenters. The van der Waals surface area contributed by atoms with Crippen LogP contribution in [0.3, 0.4) is 0 Å². The summed E-state index contributed by atoms with van der Waals surface area (Å²) in [5, 5.41) is 8.99. The number of ether oxygens (including phenoxy) is 1. The summed E-state index contributed by atoms with van der Waals surface area (Å²) in [6.45, 7) is 2.29. The van der Waals surface area contributed by atoms with Crippen molar-refractivity contribution in [3.63, 3.8) is 0 Å². The van der Waals surface area contributed by atoms with E-state index in [0.29, 0.717) is 18.9 Å². The predicted molar refractivity (Wildman–Crippen MR) is 68.2 cm³/mol. The first-order chi connectivity index (χ1) is 8.95. The van der Waals surface area contributed by atoms with Crippen molar-refractivity contribution in [2.75, 3.05) is 20.2 Å². The van der Waals surface area contributed by atoms with E-state index in [1.807, 2.05) is 0 Å². The Labute approximate surface area is 113 Å². The molecule has 0 radical (unpaired) electrons. The van der Waals surface area contributed by atoms with E-state index in [0.717, 1.165) is 12.8 Å². The number of aryl methyl sites for hydroxylation is 1. The highest BCUT2D eigenvalue weighted by Crippen LogP contribution is 2.24. The summed E-state index contributed by atoms with van der Waals surface area (Å²) in [7, 11) is -2.07. The fourth-order valence-electron chi connectivity index (χ4n) is 2.20. The van der Waals surface area contributed by atoms with E-state index in [-0.39, 0.29) is 23.4 Å². The molecule has 2 rings (SSSR count). The van der Waals surface area contributed by atoms with Gasteiger partial charge in [0, 0.05) is 26.3 Å². The Hall–Kier alpha value is -0.890. The van der Waals surface area contributed by atoms with Crippen LogP contribution in [0.15, 0.2) is 15.4 Å². The topological polar surface area (TPSA) is 80.0 Å². The van der Waals surface area contributed by atoms with Crippen molar-refractivity contribution in [1.29, 1.82) is 0 Å². The average molecular weight is 289 g/mol. The molecule has 0 aliphatic carbocycles. The Kier molecular flexibility index (Phi) is 4.29. The van der Waals surface area contributed by atoms with Crippen molar-refractivity contribution in [3.8, 4) is 0 Å². The van der Waals surface area contributed by atoms with Crippen molar-refractivity contribution >= 4 is 10.0 Å². The fourth-order valence-corrected chi connectivity index (χ4v) is 3.58. The molecule has 1 saturated heterocycles. The molecular weight excluding hydrogens is 270 g/mol. The van der Waals surface area contributed by atoms with Gasteiger partial charge in [-0.2, -0.15) is 4.31 Å². The van der Waals surface area contributed by atoms with E-state index in [4.69, 9.17) is 14.3 Å². The molecule has 1 aromatic heterocycles. The SMILES string of the molecule is Cc1oc(CO)cc1S(=O)(=O)N(C)CC1CCCO1. The molecular formula is C12H19NO5S. The molecule has 1 fully saturated rings. The molecule has 108 valence electrons. The first-order valence-corrected chi connectivity index (χ1v) is 7.67. The summed E-state index contributed by atoms with van der Waals surface area (Å²) in [4.78, 5) is 0.108. The van der Waals surface area contributed by atoms with Gasteiger partial charge in [-0.25, -0.2) is 8.42 Å². The molecule has 1 unspecified atom stereocenters. The normalized spacial score (nSPS) is 20.3. The number of aliphatic hydroxyl groups excluding tert-OH is 1. The summed E-state index contributed by atoms with van der Waals surface area (Å²) in [5.41, 5.74) is 0. The Morgan fingerprint density at radius 2 is 2.26 bits per heavy atom. The molecule has 6 nitrogen and oxygen atoms in total. The van der Waals surface area contributed by atoms with Crippen LogP contribution in [0.4, 0.5) is 0 Å². The standard InChI is InChI=1S/C12H19NO5S/c1-9-12(6-11(8-14)18-9)19(15,16)13(2)7-10-4-3-5-17-10/h6,10,14H,3-5,7-8H2,1-2H3. The zero-order valence-corrected chi connectivity index (χ0v) is 11.9. The Morgan fingerprint density at radius 1 is 1.53 bits per heavy atom. The van der Waals surface area contributed by atoms with E-state index in [2.05, 4.69) is 0 Å². The number of nitrogens with zero attached hydrogens (tertiary/aromatic N) is 1. The molecule has 1 aliphatic rings. The van der Waals surface area contributed by atoms with Crippen LogP contribution in [0.1, 0.15) is 24.4 Å². The smallest absolute Gasteiger partial charge is 0.246 e. The zero-order chi connectivity index (χ0) is 14.0. The van der Waals surface area contributed by atoms with Crippen LogP contribution in [0, 0.1) is 6.92 Å². The van der Waals surface area contributed by atoms with Crippen molar-refractivity contribution in [2.45, 2.75) is 37.4 Å². The van der Waals surface area contributed by atoms with Gasteiger partial charge < -0.3 is 14.3 Å². The summed E-state index contributed by atoms with van der Waals surface area (Å²) >= 11 is 0. The molecule has 7 heteroatoms. The Balaban J connectivity index is 2.17. The third-order valence-corrected chi connectivity index (χ3v) is 5.18. The minimum atomic E-state index is -3.60. The lowest BCUT2D eigenvalue weighted by atomic mass is 10.2. The summed E-state index contributed by atoms with van der Waals surface area (Å²) in [5.74, 6) is 0.546. The summed E-state index contributed by atoms with van der Waals surface area (Å²) in [6.07, 6.45) is 1.81. The van der Waals surface area contributed by atoms with Gasteiger partial charge in [0.1, 0.15) is 23.0 Å². The highest BCUT2D eigenvalue weighted by atomic mass is 32.2. The minimum absolute atomic E-state index is 0.0377. The van der Waals surface area contributed by atoms with Gasteiger partial charge in [-0.05, 0) is 19.8 Å². The molecule has 2 heterocycles. The van der Waals surface area contributed by atoms with Crippen LogP contribution in [-0.2, 0) is 21.4 Å². The molecule has 0 spiro atoms. The van der Waals surface area contributed by atoms with E-state index in [9.17, 15) is 8.42 Å². The molecule has 1 aromatic rings. The lowest BCUT2D eigenvalue weighted by Gasteiger charge is -2.19. The van der Waals surface area contributed by atoms with Crippen LogP contribution in [0.5, 0.6) is 0 Å². The van der Waals surface area contributed by atoms with Gasteiger partial charge in [0.05, 0.1) is 6.10 Å². The lowest BCUT2D eigenvalue weighted by molar-refractivity contribution is 0.0978. The highest BCUT2D eigenvalue weighted by Gasteiger charge is 2.29. The second-order valence-corrected chi connectivity index (χ2v) is 6.73. The quantitative estimate of drug-likeness (QED) is 0.870. The Bertz CT molecular complexity index is 530. The van der Waals surface area contributed by atoms with Gasteiger partial charge >= 0.3 is 0 Å². The van der Waals surface area contributed by atoms with Gasteiger partial charge in [-0.15, -0.1) is 0 Å². The minimum Gasteiger partial charge on any atom is -0.462 e. The fraction of sp³-hybridized carbons (Fsp3) is 0.667. The van der Waals surface area contributed by atoms with Gasteiger partial charge in [0.25, 0.3) is 0 Å². The van der Waals surface area contributed by atoms with E-state index < -0.39 is 10.0 Å².